The molecule has 17 heavy (non-hydrogen) atoms. The van der Waals surface area contributed by atoms with Gasteiger partial charge >= 0.3 is 0 Å². The van der Waals surface area contributed by atoms with Crippen LogP contribution in [-0.2, 0) is 0 Å². The molecule has 0 fully saturated rings. The molecule has 0 atom stereocenters. The van der Waals surface area contributed by atoms with Crippen molar-refractivity contribution in [1.29, 1.82) is 0 Å². The summed E-state index contributed by atoms with van der Waals surface area (Å²) in [6.07, 6.45) is 0. The molecule has 1 nitrogen and oxygen atoms in total. The Morgan fingerprint density at radius 1 is 1.06 bits per heavy atom. The maximum atomic E-state index is 13.3. The van der Waals surface area contributed by atoms with Crippen LogP contribution in [-0.4, -0.2) is 7.11 Å². The van der Waals surface area contributed by atoms with E-state index in [0.717, 1.165) is 20.1 Å². The van der Waals surface area contributed by atoms with Gasteiger partial charge in [0.1, 0.15) is 11.6 Å². The van der Waals surface area contributed by atoms with Crippen LogP contribution in [0.1, 0.15) is 0 Å². The first-order valence-corrected chi connectivity index (χ1v) is 6.50. The summed E-state index contributed by atoms with van der Waals surface area (Å²) in [5.41, 5.74) is 1.59. The van der Waals surface area contributed by atoms with E-state index >= 15 is 0 Å². The van der Waals surface area contributed by atoms with E-state index in [1.54, 1.807) is 13.2 Å². The second kappa shape index (κ2) is 5.19. The van der Waals surface area contributed by atoms with Crippen molar-refractivity contribution in [2.75, 3.05) is 7.11 Å². The average molecular weight is 360 g/mol. The van der Waals surface area contributed by atoms with Crippen LogP contribution in [0.3, 0.4) is 0 Å². The fraction of sp³-hybridized carbons (Fsp3) is 0.0769. The molecular formula is C13H9Br2FO. The zero-order chi connectivity index (χ0) is 12.4. The molecule has 0 aliphatic heterocycles. The van der Waals surface area contributed by atoms with Gasteiger partial charge in [-0.15, -0.1) is 0 Å². The first kappa shape index (κ1) is 12.6. The highest BCUT2D eigenvalue weighted by Crippen LogP contribution is 2.40. The van der Waals surface area contributed by atoms with Gasteiger partial charge in [-0.3, -0.25) is 0 Å². The van der Waals surface area contributed by atoms with Crippen LogP contribution in [0, 0.1) is 5.82 Å². The van der Waals surface area contributed by atoms with E-state index in [0.29, 0.717) is 5.75 Å². The molecule has 0 amide bonds. The Hall–Kier alpha value is -0.870. The van der Waals surface area contributed by atoms with Crippen molar-refractivity contribution < 1.29 is 9.13 Å². The topological polar surface area (TPSA) is 9.23 Å². The lowest BCUT2D eigenvalue weighted by Crippen LogP contribution is -1.90. The molecule has 0 bridgehead atoms. The van der Waals surface area contributed by atoms with E-state index in [2.05, 4.69) is 31.9 Å². The van der Waals surface area contributed by atoms with Gasteiger partial charge in [-0.2, -0.15) is 0 Å². The van der Waals surface area contributed by atoms with Crippen LogP contribution in [0.4, 0.5) is 4.39 Å². The summed E-state index contributed by atoms with van der Waals surface area (Å²) in [6, 6.07) is 10.2. The van der Waals surface area contributed by atoms with Gasteiger partial charge in [0.05, 0.1) is 7.11 Å². The Labute approximate surface area is 116 Å². The lowest BCUT2D eigenvalue weighted by atomic mass is 10.0. The van der Waals surface area contributed by atoms with E-state index in [1.165, 1.54) is 12.1 Å². The first-order chi connectivity index (χ1) is 8.13. The van der Waals surface area contributed by atoms with Crippen molar-refractivity contribution in [3.05, 3.63) is 51.2 Å². The maximum absolute atomic E-state index is 13.3. The second-order valence-electron chi connectivity index (χ2n) is 3.44. The maximum Gasteiger partial charge on any atom is 0.127 e. The Kier molecular flexibility index (Phi) is 3.84. The molecule has 0 aliphatic rings. The van der Waals surface area contributed by atoms with Crippen molar-refractivity contribution in [3.8, 4) is 16.9 Å². The third-order valence-electron chi connectivity index (χ3n) is 2.39. The van der Waals surface area contributed by atoms with Crippen molar-refractivity contribution in [3.63, 3.8) is 0 Å². The van der Waals surface area contributed by atoms with E-state index in [4.69, 9.17) is 4.74 Å². The minimum Gasteiger partial charge on any atom is -0.496 e. The molecule has 0 aromatic heterocycles. The third kappa shape index (κ3) is 2.53. The summed E-state index contributed by atoms with van der Waals surface area (Å²) in [5, 5.41) is 0. The first-order valence-electron chi connectivity index (χ1n) is 4.91. The van der Waals surface area contributed by atoms with E-state index in [1.807, 2.05) is 18.2 Å². The lowest BCUT2D eigenvalue weighted by Gasteiger charge is -2.12. The van der Waals surface area contributed by atoms with E-state index < -0.39 is 0 Å². The van der Waals surface area contributed by atoms with Crippen molar-refractivity contribution in [1.82, 2.24) is 0 Å². The SMILES string of the molecule is COc1cccc(Br)c1-c1cc(F)ccc1Br. The normalized spacial score (nSPS) is 10.4. The van der Waals surface area contributed by atoms with E-state index in [-0.39, 0.29) is 5.82 Å². The molecule has 0 heterocycles. The Balaban J connectivity index is 2.71. The third-order valence-corrected chi connectivity index (χ3v) is 3.75. The van der Waals surface area contributed by atoms with Crippen LogP contribution in [0.25, 0.3) is 11.1 Å². The number of hydrogen-bond acceptors (Lipinski definition) is 1. The molecule has 0 saturated carbocycles. The van der Waals surface area contributed by atoms with E-state index in [9.17, 15) is 4.39 Å². The van der Waals surface area contributed by atoms with Gasteiger partial charge < -0.3 is 4.74 Å². The molecule has 0 unspecified atom stereocenters. The molecule has 2 aromatic rings. The smallest absolute Gasteiger partial charge is 0.127 e. The highest BCUT2D eigenvalue weighted by molar-refractivity contribution is 9.11. The predicted molar refractivity (Wildman–Crippen MR) is 73.8 cm³/mol. The van der Waals surface area contributed by atoms with Crippen LogP contribution >= 0.6 is 31.9 Å². The van der Waals surface area contributed by atoms with Gasteiger partial charge in [0.2, 0.25) is 0 Å². The van der Waals surface area contributed by atoms with Crippen molar-refractivity contribution in [2.45, 2.75) is 0 Å². The van der Waals surface area contributed by atoms with Crippen molar-refractivity contribution in [2.24, 2.45) is 0 Å². The predicted octanol–water partition coefficient (Wildman–Crippen LogP) is 5.03. The largest absolute Gasteiger partial charge is 0.496 e. The second-order valence-corrected chi connectivity index (χ2v) is 5.15. The minimum atomic E-state index is -0.277. The molecule has 88 valence electrons. The Morgan fingerprint density at radius 2 is 1.82 bits per heavy atom. The van der Waals surface area contributed by atoms with Crippen LogP contribution in [0.5, 0.6) is 5.75 Å². The summed E-state index contributed by atoms with van der Waals surface area (Å²) in [7, 11) is 1.60. The molecule has 0 radical (unpaired) electrons. The van der Waals surface area contributed by atoms with Crippen LogP contribution in [0.2, 0.25) is 0 Å². The fourth-order valence-corrected chi connectivity index (χ4v) is 2.63. The quantitative estimate of drug-likeness (QED) is 0.730. The van der Waals surface area contributed by atoms with Gasteiger partial charge in [-0.25, -0.2) is 4.39 Å². The molecule has 0 aliphatic carbocycles. The number of hydrogen-bond donors (Lipinski definition) is 0. The summed E-state index contributed by atoms with van der Waals surface area (Å²) >= 11 is 6.88. The summed E-state index contributed by atoms with van der Waals surface area (Å²) in [5.74, 6) is 0.423. The lowest BCUT2D eigenvalue weighted by molar-refractivity contribution is 0.416. The number of ether oxygens (including phenoxy) is 1. The zero-order valence-electron chi connectivity index (χ0n) is 9.01. The average Bonchev–Trinajstić information content (AvgIpc) is 2.32. The van der Waals surface area contributed by atoms with Crippen LogP contribution in [0.15, 0.2) is 45.3 Å². The molecule has 2 aromatic carbocycles. The number of rotatable bonds is 2. The van der Waals surface area contributed by atoms with Gasteiger partial charge in [0, 0.05) is 20.1 Å². The summed E-state index contributed by atoms with van der Waals surface area (Å²) < 4.78 is 20.3. The van der Waals surface area contributed by atoms with Gasteiger partial charge in [0.15, 0.2) is 0 Å². The number of halogens is 3. The Morgan fingerprint density at radius 3 is 2.53 bits per heavy atom. The van der Waals surface area contributed by atoms with Crippen molar-refractivity contribution >= 4 is 31.9 Å². The molecule has 0 saturated heterocycles. The molecular weight excluding hydrogens is 351 g/mol. The summed E-state index contributed by atoms with van der Waals surface area (Å²) in [6.45, 7) is 0. The number of benzene rings is 2. The fourth-order valence-electron chi connectivity index (χ4n) is 1.62. The molecule has 0 N–H and O–H groups in total. The minimum absolute atomic E-state index is 0.277. The standard InChI is InChI=1S/C13H9Br2FO/c1-17-12-4-2-3-11(15)13(12)9-7-8(16)5-6-10(9)14/h2-7H,1H3. The molecule has 4 heteroatoms. The van der Waals surface area contributed by atoms with Gasteiger partial charge in [0.25, 0.3) is 0 Å². The summed E-state index contributed by atoms with van der Waals surface area (Å²) in [4.78, 5) is 0. The highest BCUT2D eigenvalue weighted by Gasteiger charge is 2.13. The zero-order valence-corrected chi connectivity index (χ0v) is 12.2. The molecule has 0 spiro atoms. The van der Waals surface area contributed by atoms with Crippen LogP contribution < -0.4 is 4.74 Å². The number of methoxy groups -OCH3 is 1. The Bertz CT molecular complexity index is 555. The van der Waals surface area contributed by atoms with Gasteiger partial charge in [-0.1, -0.05) is 37.9 Å². The molecule has 2 rings (SSSR count). The monoisotopic (exact) mass is 358 g/mol. The van der Waals surface area contributed by atoms with Gasteiger partial charge in [-0.05, 0) is 30.3 Å². The highest BCUT2D eigenvalue weighted by atomic mass is 79.9.